The minimum absolute atomic E-state index is 0.338. The first-order valence-electron chi connectivity index (χ1n) is 6.14. The third-order valence-corrected chi connectivity index (χ3v) is 2.91. The Kier molecular flexibility index (Phi) is 4.28. The van der Waals surface area contributed by atoms with Gasteiger partial charge in [-0.25, -0.2) is 4.79 Å². The molecule has 0 saturated carbocycles. The van der Waals surface area contributed by atoms with E-state index in [4.69, 9.17) is 0 Å². The molecule has 2 rings (SSSR count). The molecule has 0 unspecified atom stereocenters. The number of carbonyl (C=O) groups excluding carboxylic acids is 1. The van der Waals surface area contributed by atoms with E-state index in [1.807, 2.05) is 5.01 Å². The fourth-order valence-corrected chi connectivity index (χ4v) is 1.86. The van der Waals surface area contributed by atoms with Crippen molar-refractivity contribution in [1.82, 2.24) is 5.01 Å². The van der Waals surface area contributed by atoms with Crippen molar-refractivity contribution in [1.29, 1.82) is 0 Å². The van der Waals surface area contributed by atoms with Crippen molar-refractivity contribution in [3.8, 4) is 0 Å². The molecule has 1 aliphatic rings. The van der Waals surface area contributed by atoms with Crippen LogP contribution in [0, 0.1) is 0 Å². The van der Waals surface area contributed by atoms with Crippen LogP contribution < -0.4 is 0 Å². The Morgan fingerprint density at radius 2 is 1.83 bits per heavy atom. The van der Waals surface area contributed by atoms with Crippen LogP contribution in [0.15, 0.2) is 34.6 Å². The fraction of sp³-hybridized carbons (Fsp3) is 0.462. The van der Waals surface area contributed by atoms with Crippen LogP contribution in [0.3, 0.4) is 0 Å². The van der Waals surface area contributed by atoms with E-state index >= 15 is 0 Å². The normalized spacial score (nSPS) is 15.9. The van der Waals surface area contributed by atoms with Gasteiger partial charge in [-0.2, -0.15) is 0 Å². The summed E-state index contributed by atoms with van der Waals surface area (Å²) in [4.78, 5) is 11.2. The van der Waals surface area contributed by atoms with Gasteiger partial charge in [0.15, 0.2) is 0 Å². The molecule has 0 atom stereocenters. The molecule has 0 amide bonds. The molecule has 1 aromatic carbocycles. The van der Waals surface area contributed by atoms with E-state index in [0.29, 0.717) is 5.56 Å². The lowest BCUT2D eigenvalue weighted by Crippen LogP contribution is -2.23. The number of hydrogen-bond donors (Lipinski definition) is 0. The summed E-state index contributed by atoms with van der Waals surface area (Å²) in [5.41, 5.74) is 1.27. The van der Waals surface area contributed by atoms with Crippen molar-refractivity contribution >= 4 is 11.7 Å². The maximum absolute atomic E-state index is 11.2. The van der Waals surface area contributed by atoms with Crippen LogP contribution >= 0.6 is 0 Å². The first-order valence-corrected chi connectivity index (χ1v) is 6.14. The van der Waals surface area contributed by atoms with Crippen LogP contribution in [0.1, 0.15) is 29.6 Å². The van der Waals surface area contributed by atoms with Crippen molar-refractivity contribution in [2.45, 2.75) is 19.3 Å². The third-order valence-electron chi connectivity index (χ3n) is 2.91. The van der Waals surface area contributed by atoms with E-state index in [-0.39, 0.29) is 5.97 Å². The average molecular weight is 247 g/mol. The van der Waals surface area contributed by atoms with Crippen molar-refractivity contribution < 1.29 is 9.53 Å². The van der Waals surface area contributed by atoms with Crippen LogP contribution in [0.4, 0.5) is 5.69 Å². The molecule has 0 aliphatic carbocycles. The zero-order valence-corrected chi connectivity index (χ0v) is 10.5. The van der Waals surface area contributed by atoms with Gasteiger partial charge in [-0.15, -0.1) is 5.11 Å². The topological polar surface area (TPSA) is 54.3 Å². The van der Waals surface area contributed by atoms with E-state index in [0.717, 1.165) is 18.8 Å². The first kappa shape index (κ1) is 12.5. The fourth-order valence-electron chi connectivity index (χ4n) is 1.86. The van der Waals surface area contributed by atoms with Gasteiger partial charge in [0, 0.05) is 13.1 Å². The third kappa shape index (κ3) is 3.29. The van der Waals surface area contributed by atoms with Gasteiger partial charge in [-0.05, 0) is 43.5 Å². The SMILES string of the molecule is COC(=O)c1ccc(N=NN2CCCCC2)cc1. The summed E-state index contributed by atoms with van der Waals surface area (Å²) in [5, 5.41) is 10.3. The van der Waals surface area contributed by atoms with Gasteiger partial charge in [0.25, 0.3) is 0 Å². The summed E-state index contributed by atoms with van der Waals surface area (Å²) in [6.07, 6.45) is 3.64. The lowest BCUT2D eigenvalue weighted by Gasteiger charge is -2.21. The zero-order chi connectivity index (χ0) is 12.8. The Hall–Kier alpha value is -1.91. The van der Waals surface area contributed by atoms with Gasteiger partial charge in [0.2, 0.25) is 0 Å². The maximum atomic E-state index is 11.2. The zero-order valence-electron chi connectivity index (χ0n) is 10.5. The minimum Gasteiger partial charge on any atom is -0.465 e. The summed E-state index contributed by atoms with van der Waals surface area (Å²) in [7, 11) is 1.37. The molecule has 0 N–H and O–H groups in total. The highest BCUT2D eigenvalue weighted by Gasteiger charge is 2.07. The molecule has 0 spiro atoms. The molecule has 1 aliphatic heterocycles. The Bertz CT molecular complexity index is 422. The molecular weight excluding hydrogens is 230 g/mol. The van der Waals surface area contributed by atoms with Crippen LogP contribution in [0.5, 0.6) is 0 Å². The monoisotopic (exact) mass is 247 g/mol. The number of hydrogen-bond acceptors (Lipinski definition) is 4. The molecule has 96 valence electrons. The quantitative estimate of drug-likeness (QED) is 0.609. The average Bonchev–Trinajstić information content (AvgIpc) is 2.46. The predicted octanol–water partition coefficient (Wildman–Crippen LogP) is 2.96. The Morgan fingerprint density at radius 3 is 2.44 bits per heavy atom. The largest absolute Gasteiger partial charge is 0.465 e. The minimum atomic E-state index is -0.338. The first-order chi connectivity index (χ1) is 8.79. The molecule has 1 fully saturated rings. The van der Waals surface area contributed by atoms with Crippen LogP contribution in [-0.4, -0.2) is 31.2 Å². The van der Waals surface area contributed by atoms with Gasteiger partial charge in [0.05, 0.1) is 18.4 Å². The Morgan fingerprint density at radius 1 is 1.17 bits per heavy atom. The van der Waals surface area contributed by atoms with Gasteiger partial charge in [-0.1, -0.05) is 5.22 Å². The second-order valence-electron chi connectivity index (χ2n) is 4.24. The smallest absolute Gasteiger partial charge is 0.337 e. The standard InChI is InChI=1S/C13H17N3O2/c1-18-13(17)11-5-7-12(8-6-11)14-15-16-9-3-2-4-10-16/h5-8H,2-4,9-10H2,1H3. The summed E-state index contributed by atoms with van der Waals surface area (Å²) in [6, 6.07) is 6.91. The van der Waals surface area contributed by atoms with E-state index in [2.05, 4.69) is 15.1 Å². The van der Waals surface area contributed by atoms with E-state index in [1.165, 1.54) is 26.4 Å². The van der Waals surface area contributed by atoms with E-state index in [9.17, 15) is 4.79 Å². The Balaban J connectivity index is 1.97. The summed E-state index contributed by atoms with van der Waals surface area (Å²) in [5.74, 6) is -0.338. The van der Waals surface area contributed by atoms with Gasteiger partial charge < -0.3 is 4.74 Å². The molecular formula is C13H17N3O2. The van der Waals surface area contributed by atoms with Crippen molar-refractivity contribution in [3.63, 3.8) is 0 Å². The number of methoxy groups -OCH3 is 1. The molecule has 5 heteroatoms. The van der Waals surface area contributed by atoms with Crippen molar-refractivity contribution in [2.75, 3.05) is 20.2 Å². The summed E-state index contributed by atoms with van der Waals surface area (Å²) in [6.45, 7) is 1.95. The number of carbonyl (C=O) groups is 1. The highest BCUT2D eigenvalue weighted by molar-refractivity contribution is 5.89. The summed E-state index contributed by atoms with van der Waals surface area (Å²) >= 11 is 0. The number of rotatable bonds is 3. The molecule has 0 radical (unpaired) electrons. The van der Waals surface area contributed by atoms with Crippen molar-refractivity contribution in [3.05, 3.63) is 29.8 Å². The lowest BCUT2D eigenvalue weighted by atomic mass is 10.2. The molecule has 0 bridgehead atoms. The molecule has 1 saturated heterocycles. The number of benzene rings is 1. The molecule has 1 aromatic rings. The lowest BCUT2D eigenvalue weighted by molar-refractivity contribution is 0.0601. The predicted molar refractivity (Wildman–Crippen MR) is 67.7 cm³/mol. The number of ether oxygens (including phenoxy) is 1. The van der Waals surface area contributed by atoms with Crippen molar-refractivity contribution in [2.24, 2.45) is 10.3 Å². The number of nitrogens with zero attached hydrogens (tertiary/aromatic N) is 3. The van der Waals surface area contributed by atoms with Gasteiger partial charge in [0.1, 0.15) is 0 Å². The Labute approximate surface area is 106 Å². The van der Waals surface area contributed by atoms with E-state index in [1.54, 1.807) is 24.3 Å². The molecule has 5 nitrogen and oxygen atoms in total. The second kappa shape index (κ2) is 6.14. The highest BCUT2D eigenvalue weighted by Crippen LogP contribution is 2.16. The molecule has 1 heterocycles. The number of esters is 1. The summed E-state index contributed by atoms with van der Waals surface area (Å²) < 4.78 is 4.63. The van der Waals surface area contributed by atoms with Crippen LogP contribution in [-0.2, 0) is 4.74 Å². The van der Waals surface area contributed by atoms with Gasteiger partial charge in [-0.3, -0.25) is 5.01 Å². The molecule has 18 heavy (non-hydrogen) atoms. The highest BCUT2D eigenvalue weighted by atomic mass is 16.5. The van der Waals surface area contributed by atoms with E-state index < -0.39 is 0 Å². The second-order valence-corrected chi connectivity index (χ2v) is 4.24. The maximum Gasteiger partial charge on any atom is 0.337 e. The number of piperidine rings is 1. The van der Waals surface area contributed by atoms with Gasteiger partial charge >= 0.3 is 5.97 Å². The van der Waals surface area contributed by atoms with Crippen LogP contribution in [0.2, 0.25) is 0 Å². The molecule has 0 aromatic heterocycles. The van der Waals surface area contributed by atoms with Crippen LogP contribution in [0.25, 0.3) is 0 Å².